The van der Waals surface area contributed by atoms with Crippen LogP contribution < -0.4 is 5.32 Å². The summed E-state index contributed by atoms with van der Waals surface area (Å²) < 4.78 is 39.3. The minimum absolute atomic E-state index is 0.0213. The van der Waals surface area contributed by atoms with Gasteiger partial charge in [-0.3, -0.25) is 14.0 Å². The summed E-state index contributed by atoms with van der Waals surface area (Å²) in [5.74, 6) is -0.584. The van der Waals surface area contributed by atoms with Crippen molar-refractivity contribution in [2.45, 2.75) is 12.7 Å². The predicted molar refractivity (Wildman–Crippen MR) is 77.7 cm³/mol. The average Bonchev–Trinajstić information content (AvgIpc) is 2.93. The largest absolute Gasteiger partial charge is 0.416 e. The molecule has 0 aliphatic rings. The number of carbonyl (C=O) groups is 2. The highest BCUT2D eigenvalue weighted by Gasteiger charge is 2.31. The molecule has 0 aliphatic carbocycles. The van der Waals surface area contributed by atoms with E-state index in [0.29, 0.717) is 0 Å². The highest BCUT2D eigenvalue weighted by Crippen LogP contribution is 2.29. The van der Waals surface area contributed by atoms with E-state index in [1.165, 1.54) is 22.5 Å². The molecule has 24 heavy (non-hydrogen) atoms. The van der Waals surface area contributed by atoms with E-state index in [9.17, 15) is 22.8 Å². The van der Waals surface area contributed by atoms with E-state index < -0.39 is 23.6 Å². The summed E-state index contributed by atoms with van der Waals surface area (Å²) in [6, 6.07) is 1.77. The van der Waals surface area contributed by atoms with E-state index in [4.69, 9.17) is 0 Å². The topological polar surface area (TPSA) is 79.6 Å². The molecule has 0 aromatic carbocycles. The van der Waals surface area contributed by atoms with Gasteiger partial charge in [0.05, 0.1) is 18.7 Å². The second-order valence-corrected chi connectivity index (χ2v) is 4.93. The van der Waals surface area contributed by atoms with Gasteiger partial charge in [0.1, 0.15) is 0 Å². The van der Waals surface area contributed by atoms with Gasteiger partial charge in [-0.2, -0.15) is 13.2 Å². The van der Waals surface area contributed by atoms with Crippen LogP contribution in [0.3, 0.4) is 0 Å². The Hall–Kier alpha value is -2.91. The molecule has 2 rings (SSSR count). The molecule has 0 radical (unpaired) electrons. The first kappa shape index (κ1) is 17.4. The summed E-state index contributed by atoms with van der Waals surface area (Å²) in [7, 11) is 1.44. The van der Waals surface area contributed by atoms with Crippen LogP contribution in [-0.2, 0) is 22.3 Å². The van der Waals surface area contributed by atoms with Gasteiger partial charge in [-0.05, 0) is 18.2 Å². The zero-order chi connectivity index (χ0) is 17.9. The number of hydrogen-bond acceptors (Lipinski definition) is 4. The van der Waals surface area contributed by atoms with Crippen molar-refractivity contribution in [1.29, 1.82) is 0 Å². The van der Waals surface area contributed by atoms with Crippen LogP contribution in [0.4, 0.5) is 13.2 Å². The molecule has 0 atom stereocenters. The minimum Gasteiger partial charge on any atom is -0.347 e. The van der Waals surface area contributed by atoms with Crippen molar-refractivity contribution in [3.8, 4) is 0 Å². The molecule has 1 N–H and O–H groups in total. The number of fused-ring (bicyclic) bond motifs is 1. The predicted octanol–water partition coefficient (Wildman–Crippen LogP) is 1.01. The number of hydrogen-bond donors (Lipinski definition) is 1. The molecule has 0 spiro atoms. The lowest BCUT2D eigenvalue weighted by Gasteiger charge is -2.14. The average molecular weight is 341 g/mol. The maximum atomic E-state index is 12.6. The summed E-state index contributed by atoms with van der Waals surface area (Å²) in [6.45, 7) is 3.09. The van der Waals surface area contributed by atoms with Crippen LogP contribution in [0.5, 0.6) is 0 Å². The first-order valence-corrected chi connectivity index (χ1v) is 6.77. The maximum Gasteiger partial charge on any atom is 0.416 e. The molecule has 0 saturated heterocycles. The highest BCUT2D eigenvalue weighted by atomic mass is 19.4. The molecule has 0 aliphatic heterocycles. The third-order valence-electron chi connectivity index (χ3n) is 3.18. The van der Waals surface area contributed by atoms with Gasteiger partial charge in [-0.1, -0.05) is 6.58 Å². The van der Waals surface area contributed by atoms with Crippen molar-refractivity contribution in [2.24, 2.45) is 0 Å². The summed E-state index contributed by atoms with van der Waals surface area (Å²) >= 11 is 0. The van der Waals surface area contributed by atoms with Crippen LogP contribution in [0.1, 0.15) is 11.4 Å². The SMILES string of the molecule is C=CC(=O)N(C)CC(=O)NCc1nnc2cc(C(F)(F)F)ccn12. The minimum atomic E-state index is -4.47. The van der Waals surface area contributed by atoms with Crippen molar-refractivity contribution in [2.75, 3.05) is 13.6 Å². The molecule has 0 saturated carbocycles. The van der Waals surface area contributed by atoms with E-state index in [-0.39, 0.29) is 24.6 Å². The van der Waals surface area contributed by atoms with Crippen LogP contribution in [-0.4, -0.2) is 44.9 Å². The van der Waals surface area contributed by atoms with Crippen molar-refractivity contribution in [3.05, 3.63) is 42.4 Å². The van der Waals surface area contributed by atoms with E-state index in [0.717, 1.165) is 18.2 Å². The molecule has 2 heterocycles. The quantitative estimate of drug-likeness (QED) is 0.823. The molecule has 0 unspecified atom stereocenters. The molecule has 2 amide bonds. The Balaban J connectivity index is 2.04. The summed E-state index contributed by atoms with van der Waals surface area (Å²) in [5.41, 5.74) is -0.810. The van der Waals surface area contributed by atoms with Gasteiger partial charge < -0.3 is 10.2 Å². The number of halogens is 3. The van der Waals surface area contributed by atoms with Crippen LogP contribution in [0.2, 0.25) is 0 Å². The van der Waals surface area contributed by atoms with Crippen LogP contribution >= 0.6 is 0 Å². The van der Waals surface area contributed by atoms with E-state index in [1.807, 2.05) is 0 Å². The van der Waals surface area contributed by atoms with E-state index in [2.05, 4.69) is 22.1 Å². The first-order chi connectivity index (χ1) is 11.2. The van der Waals surface area contributed by atoms with Gasteiger partial charge in [0.15, 0.2) is 11.5 Å². The Bertz CT molecular complexity index is 784. The molecular formula is C14H14F3N5O2. The lowest BCUT2D eigenvalue weighted by atomic mass is 10.2. The van der Waals surface area contributed by atoms with Crippen molar-refractivity contribution >= 4 is 17.5 Å². The number of nitrogens with zero attached hydrogens (tertiary/aromatic N) is 4. The Kier molecular flexibility index (Phi) is 4.86. The summed E-state index contributed by atoms with van der Waals surface area (Å²) in [5, 5.41) is 9.93. The third kappa shape index (κ3) is 3.89. The number of pyridine rings is 1. The van der Waals surface area contributed by atoms with Crippen molar-refractivity contribution in [3.63, 3.8) is 0 Å². The van der Waals surface area contributed by atoms with E-state index >= 15 is 0 Å². The second kappa shape index (κ2) is 6.69. The fraction of sp³-hybridized carbons (Fsp3) is 0.286. The second-order valence-electron chi connectivity index (χ2n) is 4.93. The zero-order valence-corrected chi connectivity index (χ0v) is 12.7. The van der Waals surface area contributed by atoms with Crippen molar-refractivity contribution in [1.82, 2.24) is 24.8 Å². The Morgan fingerprint density at radius 1 is 1.42 bits per heavy atom. The zero-order valence-electron chi connectivity index (χ0n) is 12.7. The van der Waals surface area contributed by atoms with Gasteiger partial charge in [0.2, 0.25) is 11.8 Å². The number of rotatable bonds is 5. The van der Waals surface area contributed by atoms with Gasteiger partial charge >= 0.3 is 6.18 Å². The molecule has 10 heteroatoms. The number of alkyl halides is 3. The normalized spacial score (nSPS) is 11.3. The van der Waals surface area contributed by atoms with E-state index in [1.54, 1.807) is 0 Å². The standard InChI is InChI=1S/C14H14F3N5O2/c1-3-13(24)21(2)8-12(23)18-7-11-20-19-10-6-9(14(15,16)17)4-5-22(10)11/h3-6H,1,7-8H2,2H3,(H,18,23). The number of nitrogens with one attached hydrogen (secondary N) is 1. The van der Waals surface area contributed by atoms with Crippen LogP contribution in [0, 0.1) is 0 Å². The lowest BCUT2D eigenvalue weighted by Crippen LogP contribution is -2.37. The molecule has 0 bridgehead atoms. The van der Waals surface area contributed by atoms with Crippen LogP contribution in [0.25, 0.3) is 5.65 Å². The first-order valence-electron chi connectivity index (χ1n) is 6.77. The van der Waals surface area contributed by atoms with Gasteiger partial charge in [-0.25, -0.2) is 0 Å². The van der Waals surface area contributed by atoms with Gasteiger partial charge in [0, 0.05) is 13.2 Å². The Labute approximate surface area is 134 Å². The fourth-order valence-electron chi connectivity index (χ4n) is 1.92. The highest BCUT2D eigenvalue weighted by molar-refractivity contribution is 5.90. The monoisotopic (exact) mass is 341 g/mol. The number of carbonyl (C=O) groups excluding carboxylic acids is 2. The van der Waals surface area contributed by atoms with Gasteiger partial charge in [-0.15, -0.1) is 10.2 Å². The van der Waals surface area contributed by atoms with Gasteiger partial charge in [0.25, 0.3) is 0 Å². The van der Waals surface area contributed by atoms with Crippen molar-refractivity contribution < 1.29 is 22.8 Å². The smallest absolute Gasteiger partial charge is 0.347 e. The maximum absolute atomic E-state index is 12.6. The Morgan fingerprint density at radius 2 is 2.12 bits per heavy atom. The molecule has 0 fully saturated rings. The summed E-state index contributed by atoms with van der Waals surface area (Å²) in [6.07, 6.45) is -2.20. The molecule has 2 aromatic heterocycles. The number of amides is 2. The number of likely N-dealkylation sites (N-methyl/N-ethyl adjacent to an activating group) is 1. The fourth-order valence-corrected chi connectivity index (χ4v) is 1.92. The lowest BCUT2D eigenvalue weighted by molar-refractivity contribution is -0.137. The number of aromatic nitrogens is 3. The Morgan fingerprint density at radius 3 is 2.75 bits per heavy atom. The third-order valence-corrected chi connectivity index (χ3v) is 3.18. The molecule has 128 valence electrons. The molecular weight excluding hydrogens is 327 g/mol. The summed E-state index contributed by atoms with van der Waals surface area (Å²) in [4.78, 5) is 24.2. The molecule has 7 nitrogen and oxygen atoms in total. The van der Waals surface area contributed by atoms with Crippen LogP contribution in [0.15, 0.2) is 31.0 Å². The molecule has 2 aromatic rings.